The summed E-state index contributed by atoms with van der Waals surface area (Å²) in [6, 6.07) is 10.2. The Hall–Kier alpha value is -2.00. The summed E-state index contributed by atoms with van der Waals surface area (Å²) in [6.45, 7) is 3.02. The number of halogens is 1. The molecule has 154 valence electrons. The van der Waals surface area contributed by atoms with Crippen LogP contribution in [0.1, 0.15) is 12.5 Å². The van der Waals surface area contributed by atoms with Crippen LogP contribution in [-0.4, -0.2) is 41.8 Å². The molecule has 7 nitrogen and oxygen atoms in total. The van der Waals surface area contributed by atoms with Gasteiger partial charge in [-0.1, -0.05) is 17.7 Å². The van der Waals surface area contributed by atoms with Crippen LogP contribution in [0.2, 0.25) is 5.02 Å². The Morgan fingerprint density at radius 2 is 1.75 bits per heavy atom. The van der Waals surface area contributed by atoms with Crippen LogP contribution in [0, 0.1) is 0 Å². The fourth-order valence-electron chi connectivity index (χ4n) is 2.73. The zero-order valence-corrected chi connectivity index (χ0v) is 17.6. The van der Waals surface area contributed by atoms with Gasteiger partial charge in [0.25, 0.3) is 0 Å². The molecule has 28 heavy (non-hydrogen) atoms. The van der Waals surface area contributed by atoms with Gasteiger partial charge < -0.3 is 19.5 Å². The number of ether oxygens (including phenoxy) is 3. The molecule has 0 saturated heterocycles. The molecule has 2 rings (SSSR count). The van der Waals surface area contributed by atoms with E-state index in [2.05, 4.69) is 5.32 Å². The van der Waals surface area contributed by atoms with E-state index in [1.165, 1.54) is 7.11 Å². The molecule has 2 aromatic rings. The van der Waals surface area contributed by atoms with Crippen molar-refractivity contribution < 1.29 is 22.6 Å². The summed E-state index contributed by atoms with van der Waals surface area (Å²) in [5.41, 5.74) is 0.835. The van der Waals surface area contributed by atoms with Crippen LogP contribution < -0.4 is 24.7 Å². The average Bonchev–Trinajstić information content (AvgIpc) is 2.64. The van der Waals surface area contributed by atoms with Crippen molar-refractivity contribution in [3.05, 3.63) is 47.0 Å². The molecule has 0 fully saturated rings. The van der Waals surface area contributed by atoms with Crippen LogP contribution in [0.3, 0.4) is 0 Å². The molecule has 2 aromatic carbocycles. The molecule has 0 heterocycles. The molecule has 0 radical (unpaired) electrons. The van der Waals surface area contributed by atoms with E-state index in [0.717, 1.165) is 5.56 Å². The Morgan fingerprint density at radius 1 is 1.07 bits per heavy atom. The van der Waals surface area contributed by atoms with Gasteiger partial charge in [-0.25, -0.2) is 13.6 Å². The van der Waals surface area contributed by atoms with E-state index in [-0.39, 0.29) is 16.7 Å². The normalized spacial score (nSPS) is 12.5. The van der Waals surface area contributed by atoms with Gasteiger partial charge in [0.2, 0.25) is 10.0 Å². The molecule has 3 N–H and O–H groups in total. The molecule has 0 saturated carbocycles. The number of hydrogen-bond donors (Lipinski definition) is 2. The first kappa shape index (κ1) is 22.3. The second-order valence-corrected chi connectivity index (χ2v) is 8.20. The summed E-state index contributed by atoms with van der Waals surface area (Å²) < 4.78 is 39.5. The Balaban J connectivity index is 1.90. The summed E-state index contributed by atoms with van der Waals surface area (Å²) in [7, 11) is -0.878. The van der Waals surface area contributed by atoms with E-state index in [1.807, 2.05) is 13.0 Å². The van der Waals surface area contributed by atoms with Gasteiger partial charge in [-0.3, -0.25) is 0 Å². The van der Waals surface area contributed by atoms with Gasteiger partial charge >= 0.3 is 0 Å². The summed E-state index contributed by atoms with van der Waals surface area (Å²) in [5, 5.41) is 9.16. The molecule has 0 aliphatic heterocycles. The van der Waals surface area contributed by atoms with Crippen molar-refractivity contribution in [3.63, 3.8) is 0 Å². The van der Waals surface area contributed by atoms with Crippen molar-refractivity contribution in [2.45, 2.75) is 24.3 Å². The summed E-state index contributed by atoms with van der Waals surface area (Å²) in [4.78, 5) is -0.0175. The quantitative estimate of drug-likeness (QED) is 0.564. The molecule has 0 aliphatic rings. The third-order valence-electron chi connectivity index (χ3n) is 4.05. The lowest BCUT2D eigenvalue weighted by Gasteiger charge is -2.16. The predicted octanol–water partition coefficient (Wildman–Crippen LogP) is 2.60. The maximum absolute atomic E-state index is 11.7. The minimum Gasteiger partial charge on any atom is -0.495 e. The molecular formula is C19H25ClN2O5S. The van der Waals surface area contributed by atoms with Gasteiger partial charge in [-0.05, 0) is 43.2 Å². The molecule has 0 aromatic heterocycles. The monoisotopic (exact) mass is 428 g/mol. The number of rotatable bonds is 10. The fourth-order valence-corrected chi connectivity index (χ4v) is 3.64. The molecule has 0 bridgehead atoms. The third kappa shape index (κ3) is 6.27. The molecular weight excluding hydrogens is 404 g/mol. The molecule has 1 unspecified atom stereocenters. The predicted molar refractivity (Wildman–Crippen MR) is 109 cm³/mol. The van der Waals surface area contributed by atoms with E-state index >= 15 is 0 Å². The maximum atomic E-state index is 11.7. The molecule has 0 aliphatic carbocycles. The van der Waals surface area contributed by atoms with Gasteiger partial charge in [0.05, 0.1) is 14.2 Å². The molecule has 9 heteroatoms. The van der Waals surface area contributed by atoms with Crippen molar-refractivity contribution >= 4 is 21.6 Å². The first-order valence-electron chi connectivity index (χ1n) is 8.64. The standard InChI is InChI=1S/C19H25ClN2O5S/c1-13(10-14-4-6-17(26-3)19(11-14)28(21,23)24)22-8-9-27-18-12-15(20)5-7-16(18)25-2/h4-7,11-13,22H,8-10H2,1-3H3,(H2,21,23,24). The maximum Gasteiger partial charge on any atom is 0.241 e. The summed E-state index contributed by atoms with van der Waals surface area (Å²) in [6.07, 6.45) is 0.618. The number of nitrogens with one attached hydrogen (secondary N) is 1. The SMILES string of the molecule is COc1ccc(Cl)cc1OCCNC(C)Cc1ccc(OC)c(S(N)(=O)=O)c1. The van der Waals surface area contributed by atoms with E-state index in [9.17, 15) is 8.42 Å². The van der Waals surface area contributed by atoms with Crippen LogP contribution in [-0.2, 0) is 16.4 Å². The fraction of sp³-hybridized carbons (Fsp3) is 0.368. The largest absolute Gasteiger partial charge is 0.495 e. The van der Waals surface area contributed by atoms with Crippen molar-refractivity contribution in [3.8, 4) is 17.2 Å². The second-order valence-electron chi connectivity index (χ2n) is 6.23. The van der Waals surface area contributed by atoms with E-state index < -0.39 is 10.0 Å². The number of benzene rings is 2. The number of methoxy groups -OCH3 is 2. The highest BCUT2D eigenvalue weighted by Gasteiger charge is 2.16. The van der Waals surface area contributed by atoms with Gasteiger partial charge in [0, 0.05) is 23.7 Å². The average molecular weight is 429 g/mol. The van der Waals surface area contributed by atoms with Crippen LogP contribution in [0.4, 0.5) is 0 Å². The summed E-state index contributed by atoms with van der Waals surface area (Å²) in [5.74, 6) is 1.43. The van der Waals surface area contributed by atoms with Crippen molar-refractivity contribution in [1.29, 1.82) is 0 Å². The minimum absolute atomic E-state index is 0.0175. The van der Waals surface area contributed by atoms with E-state index in [0.29, 0.717) is 36.1 Å². The highest BCUT2D eigenvalue weighted by molar-refractivity contribution is 7.89. The zero-order chi connectivity index (χ0) is 20.7. The molecule has 0 amide bonds. The lowest BCUT2D eigenvalue weighted by Crippen LogP contribution is -2.32. The summed E-state index contributed by atoms with van der Waals surface area (Å²) >= 11 is 5.98. The highest BCUT2D eigenvalue weighted by Crippen LogP contribution is 2.29. The Bertz CT molecular complexity index is 905. The third-order valence-corrected chi connectivity index (χ3v) is 5.22. The van der Waals surface area contributed by atoms with Gasteiger partial charge in [-0.15, -0.1) is 0 Å². The van der Waals surface area contributed by atoms with Gasteiger partial charge in [0.1, 0.15) is 17.3 Å². The Morgan fingerprint density at radius 3 is 2.39 bits per heavy atom. The van der Waals surface area contributed by atoms with Gasteiger partial charge in [0.15, 0.2) is 11.5 Å². The Kier molecular flexibility index (Phi) is 7.94. The van der Waals surface area contributed by atoms with Crippen LogP contribution >= 0.6 is 11.6 Å². The number of primary sulfonamides is 1. The number of sulfonamides is 1. The van der Waals surface area contributed by atoms with Crippen LogP contribution in [0.25, 0.3) is 0 Å². The minimum atomic E-state index is -3.85. The van der Waals surface area contributed by atoms with Crippen LogP contribution in [0.15, 0.2) is 41.3 Å². The van der Waals surface area contributed by atoms with E-state index in [4.69, 9.17) is 31.0 Å². The number of nitrogens with two attached hydrogens (primary N) is 1. The number of hydrogen-bond acceptors (Lipinski definition) is 6. The zero-order valence-electron chi connectivity index (χ0n) is 16.1. The van der Waals surface area contributed by atoms with Gasteiger partial charge in [-0.2, -0.15) is 0 Å². The first-order chi connectivity index (χ1) is 13.2. The van der Waals surface area contributed by atoms with Crippen molar-refractivity contribution in [1.82, 2.24) is 5.32 Å². The van der Waals surface area contributed by atoms with E-state index in [1.54, 1.807) is 37.4 Å². The lowest BCUT2D eigenvalue weighted by atomic mass is 10.1. The smallest absolute Gasteiger partial charge is 0.241 e. The Labute approximate surface area is 170 Å². The first-order valence-corrected chi connectivity index (χ1v) is 10.6. The molecule has 1 atom stereocenters. The lowest BCUT2D eigenvalue weighted by molar-refractivity contribution is 0.287. The van der Waals surface area contributed by atoms with Crippen LogP contribution in [0.5, 0.6) is 17.2 Å². The van der Waals surface area contributed by atoms with Crippen molar-refractivity contribution in [2.24, 2.45) is 5.14 Å². The second kappa shape index (κ2) is 9.97. The molecule has 0 spiro atoms. The topological polar surface area (TPSA) is 99.9 Å². The van der Waals surface area contributed by atoms with Crippen molar-refractivity contribution in [2.75, 3.05) is 27.4 Å². The highest BCUT2D eigenvalue weighted by atomic mass is 35.5.